The Morgan fingerprint density at radius 2 is 1.66 bits per heavy atom. The Morgan fingerprint density at radius 1 is 0.940 bits per heavy atom. The number of esters is 1. The maximum atomic E-state index is 13.4. The summed E-state index contributed by atoms with van der Waals surface area (Å²) in [6.07, 6.45) is 4.08. The van der Waals surface area contributed by atoms with Crippen molar-refractivity contribution in [2.24, 2.45) is 0 Å². The van der Waals surface area contributed by atoms with E-state index in [1.54, 1.807) is 36.4 Å². The van der Waals surface area contributed by atoms with Crippen molar-refractivity contribution in [2.75, 3.05) is 12.3 Å². The molecule has 1 spiro atoms. The van der Waals surface area contributed by atoms with Crippen LogP contribution in [-0.2, 0) is 37.9 Å². The van der Waals surface area contributed by atoms with Crippen LogP contribution in [0.25, 0.3) is 11.3 Å². The molecule has 1 amide bonds. The quantitative estimate of drug-likeness (QED) is 0.181. The number of phenols is 2. The molecule has 13 heteroatoms. The maximum absolute atomic E-state index is 13.4. The van der Waals surface area contributed by atoms with E-state index in [2.05, 4.69) is 10.3 Å². The number of imidazole rings is 1. The Morgan fingerprint density at radius 3 is 2.38 bits per heavy atom. The topological polar surface area (TPSA) is 157 Å². The summed E-state index contributed by atoms with van der Waals surface area (Å²) in [5.74, 6) is -0.884. The maximum Gasteiger partial charge on any atom is 0.340 e. The molecule has 0 bridgehead atoms. The van der Waals surface area contributed by atoms with Crippen LogP contribution in [0, 0.1) is 0 Å². The molecule has 0 saturated heterocycles. The predicted molar refractivity (Wildman–Crippen MR) is 185 cm³/mol. The van der Waals surface area contributed by atoms with Gasteiger partial charge in [0.1, 0.15) is 27.2 Å². The molecule has 3 N–H and O–H groups in total. The van der Waals surface area contributed by atoms with Crippen molar-refractivity contribution in [3.05, 3.63) is 129 Å². The number of nitrogens with one attached hydrogen (secondary N) is 1. The van der Waals surface area contributed by atoms with Crippen molar-refractivity contribution in [3.63, 3.8) is 0 Å². The van der Waals surface area contributed by atoms with Gasteiger partial charge in [0.15, 0.2) is 20.6 Å². The van der Waals surface area contributed by atoms with Gasteiger partial charge in [0.2, 0.25) is 5.91 Å². The molecule has 0 atom stereocenters. The minimum atomic E-state index is -3.71. The van der Waals surface area contributed by atoms with Crippen LogP contribution in [0.3, 0.4) is 0 Å². The minimum Gasteiger partial charge on any atom is -0.508 e. The number of aryl methyl sites for hydroxylation is 1. The molecule has 0 fully saturated rings. The van der Waals surface area contributed by atoms with Gasteiger partial charge < -0.3 is 29.6 Å². The fourth-order valence-corrected chi connectivity index (χ4v) is 9.27. The van der Waals surface area contributed by atoms with Gasteiger partial charge in [0.05, 0.1) is 23.4 Å². The molecule has 11 nitrogen and oxygen atoms in total. The summed E-state index contributed by atoms with van der Waals surface area (Å²) in [6, 6.07) is 23.6. The first kappa shape index (κ1) is 31.7. The lowest BCUT2D eigenvalue weighted by atomic mass is 9.77. The summed E-state index contributed by atoms with van der Waals surface area (Å²) in [4.78, 5) is 31.0. The number of phenolic OH excluding ortho intramolecular Hbond substituents is 2. The summed E-state index contributed by atoms with van der Waals surface area (Å²) >= 11 is 1.11. The normalized spacial score (nSPS) is 15.4. The summed E-state index contributed by atoms with van der Waals surface area (Å²) in [5.41, 5.74) is 2.54. The number of amides is 1. The average molecular weight is 708 g/mol. The molecule has 3 aliphatic rings. The second-order valence-electron chi connectivity index (χ2n) is 12.1. The van der Waals surface area contributed by atoms with Gasteiger partial charge in [0.25, 0.3) is 0 Å². The number of benzene rings is 4. The van der Waals surface area contributed by atoms with Crippen LogP contribution in [0.5, 0.6) is 23.0 Å². The van der Waals surface area contributed by atoms with Crippen LogP contribution in [0.2, 0.25) is 0 Å². The highest BCUT2D eigenvalue weighted by molar-refractivity contribution is 8.18. The first-order valence-corrected chi connectivity index (χ1v) is 18.3. The number of hydrogen-bond donors (Lipinski definition) is 3. The second-order valence-corrected chi connectivity index (χ2v) is 15.5. The number of thioether (sulfide) groups is 1. The first-order valence-electron chi connectivity index (χ1n) is 15.8. The van der Waals surface area contributed by atoms with Crippen LogP contribution in [0.15, 0.2) is 107 Å². The molecular formula is C37H29N3O8S2. The molecule has 3 aliphatic heterocycles. The van der Waals surface area contributed by atoms with Crippen molar-refractivity contribution >= 4 is 33.5 Å². The van der Waals surface area contributed by atoms with E-state index in [4.69, 9.17) is 9.47 Å². The molecule has 0 radical (unpaired) electrons. The summed E-state index contributed by atoms with van der Waals surface area (Å²) in [7, 11) is -3.71. The molecule has 5 aromatic rings. The zero-order valence-corrected chi connectivity index (χ0v) is 28.0. The fourth-order valence-electron chi connectivity index (χ4n) is 6.56. The van der Waals surface area contributed by atoms with E-state index in [0.29, 0.717) is 45.9 Å². The minimum absolute atomic E-state index is 0.0584. The van der Waals surface area contributed by atoms with Gasteiger partial charge in [-0.15, -0.1) is 0 Å². The summed E-state index contributed by atoms with van der Waals surface area (Å²) < 4.78 is 41.0. The Balaban J connectivity index is 0.985. The number of rotatable bonds is 7. The Hall–Kier alpha value is -5.53. The van der Waals surface area contributed by atoms with E-state index in [1.807, 2.05) is 41.1 Å². The number of aromatic hydroxyl groups is 2. The number of nitrogens with zero attached hydrogens (tertiary/aromatic N) is 2. The largest absolute Gasteiger partial charge is 0.508 e. The molecule has 50 heavy (non-hydrogen) atoms. The van der Waals surface area contributed by atoms with Crippen LogP contribution in [-0.4, -0.2) is 52.4 Å². The monoisotopic (exact) mass is 707 g/mol. The number of hydrogen-bond acceptors (Lipinski definition) is 10. The number of sulfone groups is 1. The zero-order valence-electron chi connectivity index (χ0n) is 26.3. The summed E-state index contributed by atoms with van der Waals surface area (Å²) in [6.45, 7) is 0.510. The fraction of sp³-hybridized carbons (Fsp3) is 0.162. The Kier molecular flexibility index (Phi) is 7.68. The van der Waals surface area contributed by atoms with Crippen LogP contribution in [0.1, 0.15) is 39.0 Å². The van der Waals surface area contributed by atoms with E-state index in [1.165, 1.54) is 24.3 Å². The molecule has 8 rings (SSSR count). The first-order chi connectivity index (χ1) is 24.1. The highest BCUT2D eigenvalue weighted by Crippen LogP contribution is 2.57. The number of ether oxygens (including phenoxy) is 2. The predicted octanol–water partition coefficient (Wildman–Crippen LogP) is 5.64. The second kappa shape index (κ2) is 12.1. The lowest BCUT2D eigenvalue weighted by Crippen LogP contribution is -2.33. The molecule has 1 aromatic heterocycles. The van der Waals surface area contributed by atoms with Crippen molar-refractivity contribution in [1.29, 1.82) is 0 Å². The summed E-state index contributed by atoms with van der Waals surface area (Å²) in [5, 5.41) is 23.7. The number of carbonyl (C=O) groups is 2. The highest BCUT2D eigenvalue weighted by atomic mass is 32.3. The van der Waals surface area contributed by atoms with Crippen LogP contribution >= 0.6 is 11.8 Å². The smallest absolute Gasteiger partial charge is 0.340 e. The molecule has 252 valence electrons. The van der Waals surface area contributed by atoms with Crippen LogP contribution in [0.4, 0.5) is 0 Å². The number of aromatic nitrogens is 2. The number of fused-ring (bicyclic) bond motifs is 7. The Bertz CT molecular complexity index is 2300. The standard InChI is InChI=1S/C37H29N3O8S2/c41-24-9-12-27-31(19-24)47-32-20-25(42)10-13-28(32)37(27)29-17-22(8-11-26(29)35(44)48-37)18-33(43)38-14-16-50(45,46)34-7-4-15-40-21-30(39-36(40)49-34)23-5-2-1-3-6-23/h1-3,5-13,17,19-21,41-42H,4,14-16,18H2,(H,38,43). The average Bonchev–Trinajstić information content (AvgIpc) is 3.54. The van der Waals surface area contributed by atoms with E-state index in [0.717, 1.165) is 23.0 Å². The SMILES string of the molecule is O=C(Cc1ccc2c(c1)C1(OC2=O)c2ccc(O)cc2Oc2cc(O)ccc21)NCCS(=O)(=O)C1=CCCn2cc(-c3ccccc3)nc2S1. The van der Waals surface area contributed by atoms with Crippen molar-refractivity contribution in [2.45, 2.75) is 30.1 Å². The highest BCUT2D eigenvalue weighted by Gasteiger charge is 2.53. The molecule has 0 saturated carbocycles. The van der Waals surface area contributed by atoms with Gasteiger partial charge in [-0.25, -0.2) is 18.2 Å². The van der Waals surface area contributed by atoms with Crippen molar-refractivity contribution in [3.8, 4) is 34.3 Å². The lowest BCUT2D eigenvalue weighted by Gasteiger charge is -2.36. The van der Waals surface area contributed by atoms with Crippen molar-refractivity contribution < 1.29 is 37.7 Å². The third-order valence-corrected chi connectivity index (χ3v) is 12.3. The Labute approximate surface area is 291 Å². The number of carbonyl (C=O) groups excluding carboxylic acids is 2. The van der Waals surface area contributed by atoms with E-state index < -0.39 is 27.3 Å². The van der Waals surface area contributed by atoms with Crippen molar-refractivity contribution in [1.82, 2.24) is 14.9 Å². The van der Waals surface area contributed by atoms with Gasteiger partial charge in [0, 0.05) is 53.7 Å². The third kappa shape index (κ3) is 5.48. The van der Waals surface area contributed by atoms with Gasteiger partial charge in [-0.2, -0.15) is 0 Å². The van der Waals surface area contributed by atoms with E-state index >= 15 is 0 Å². The number of allylic oxidation sites excluding steroid dienone is 1. The third-order valence-electron chi connectivity index (χ3n) is 8.88. The molecule has 0 aliphatic carbocycles. The van der Waals surface area contributed by atoms with Gasteiger partial charge in [-0.05, 0) is 60.1 Å². The lowest BCUT2D eigenvalue weighted by molar-refractivity contribution is -0.120. The molecular weight excluding hydrogens is 679 g/mol. The van der Waals surface area contributed by atoms with E-state index in [-0.39, 0.29) is 46.0 Å². The zero-order chi connectivity index (χ0) is 34.6. The molecule has 4 heterocycles. The van der Waals surface area contributed by atoms with Crippen LogP contribution < -0.4 is 10.1 Å². The molecule has 0 unspecified atom stereocenters. The molecule has 4 aromatic carbocycles. The van der Waals surface area contributed by atoms with E-state index in [9.17, 15) is 28.2 Å². The van der Waals surface area contributed by atoms with Gasteiger partial charge in [-0.3, -0.25) is 4.79 Å². The van der Waals surface area contributed by atoms with Gasteiger partial charge >= 0.3 is 5.97 Å². The van der Waals surface area contributed by atoms with Gasteiger partial charge in [-0.1, -0.05) is 42.5 Å².